The number of methoxy groups -OCH3 is 1. The van der Waals surface area contributed by atoms with E-state index in [9.17, 15) is 14.4 Å². The number of hydrogen-bond acceptors (Lipinski definition) is 6. The molecule has 0 aliphatic rings. The number of aryl methyl sites for hydroxylation is 1. The van der Waals surface area contributed by atoms with Crippen molar-refractivity contribution in [2.75, 3.05) is 32.1 Å². The second kappa shape index (κ2) is 11.4. The van der Waals surface area contributed by atoms with Gasteiger partial charge in [0.25, 0.3) is 5.91 Å². The molecule has 1 aromatic carbocycles. The molecule has 162 valence electrons. The molecule has 0 unspecified atom stereocenters. The zero-order chi connectivity index (χ0) is 22.1. The van der Waals surface area contributed by atoms with E-state index >= 15 is 0 Å². The first-order valence-electron chi connectivity index (χ1n) is 9.67. The minimum atomic E-state index is -0.338. The summed E-state index contributed by atoms with van der Waals surface area (Å²) in [6, 6.07) is 7.11. The summed E-state index contributed by atoms with van der Waals surface area (Å²) >= 11 is 1.24. The Labute approximate surface area is 180 Å². The fourth-order valence-corrected chi connectivity index (χ4v) is 3.36. The third-order valence-corrected chi connectivity index (χ3v) is 5.07. The lowest BCUT2D eigenvalue weighted by molar-refractivity contribution is -0.120. The number of thiazole rings is 1. The summed E-state index contributed by atoms with van der Waals surface area (Å²) in [7, 11) is 1.57. The Morgan fingerprint density at radius 3 is 2.50 bits per heavy atom. The first kappa shape index (κ1) is 23.5. The Balaban J connectivity index is 1.93. The van der Waals surface area contributed by atoms with Crippen molar-refractivity contribution < 1.29 is 19.1 Å². The zero-order valence-corrected chi connectivity index (χ0v) is 18.5. The van der Waals surface area contributed by atoms with Gasteiger partial charge in [0, 0.05) is 30.6 Å². The molecule has 0 aliphatic carbocycles. The van der Waals surface area contributed by atoms with E-state index in [-0.39, 0.29) is 36.7 Å². The molecular formula is C21H28N4O4S. The predicted molar refractivity (Wildman–Crippen MR) is 117 cm³/mol. The van der Waals surface area contributed by atoms with Crippen LogP contribution < -0.4 is 10.6 Å². The van der Waals surface area contributed by atoms with Gasteiger partial charge in [0.2, 0.25) is 11.8 Å². The van der Waals surface area contributed by atoms with Crippen LogP contribution in [0.25, 0.3) is 0 Å². The molecule has 0 saturated heterocycles. The molecule has 0 spiro atoms. The summed E-state index contributed by atoms with van der Waals surface area (Å²) in [5, 5.41) is 7.55. The third-order valence-electron chi connectivity index (χ3n) is 4.26. The van der Waals surface area contributed by atoms with Crippen LogP contribution in [0.1, 0.15) is 35.5 Å². The predicted octanol–water partition coefficient (Wildman–Crippen LogP) is 2.25. The molecule has 30 heavy (non-hydrogen) atoms. The van der Waals surface area contributed by atoms with Crippen LogP contribution in [0, 0.1) is 6.92 Å². The normalized spacial score (nSPS) is 10.7. The van der Waals surface area contributed by atoms with Crippen molar-refractivity contribution in [3.05, 3.63) is 46.5 Å². The Hall–Kier alpha value is -2.78. The van der Waals surface area contributed by atoms with Gasteiger partial charge in [-0.1, -0.05) is 17.7 Å². The monoisotopic (exact) mass is 432 g/mol. The van der Waals surface area contributed by atoms with Crippen LogP contribution in [0.3, 0.4) is 0 Å². The highest BCUT2D eigenvalue weighted by atomic mass is 32.1. The molecule has 9 heteroatoms. The Bertz CT molecular complexity index is 864. The van der Waals surface area contributed by atoms with Crippen LogP contribution in [0.2, 0.25) is 0 Å². The molecule has 0 aliphatic heterocycles. The van der Waals surface area contributed by atoms with Gasteiger partial charge in [-0.05, 0) is 32.9 Å². The van der Waals surface area contributed by atoms with Gasteiger partial charge >= 0.3 is 0 Å². The number of ether oxygens (including phenoxy) is 1. The first-order valence-corrected chi connectivity index (χ1v) is 10.6. The Morgan fingerprint density at radius 1 is 1.17 bits per heavy atom. The first-order chi connectivity index (χ1) is 14.3. The van der Waals surface area contributed by atoms with Crippen LogP contribution in [-0.2, 0) is 20.7 Å². The van der Waals surface area contributed by atoms with E-state index in [0.29, 0.717) is 29.5 Å². The van der Waals surface area contributed by atoms with Gasteiger partial charge < -0.3 is 20.3 Å². The maximum absolute atomic E-state index is 12.8. The lowest BCUT2D eigenvalue weighted by Crippen LogP contribution is -2.42. The molecule has 8 nitrogen and oxygen atoms in total. The molecule has 2 N–H and O–H groups in total. The number of carbonyl (C=O) groups excluding carboxylic acids is 3. The topological polar surface area (TPSA) is 101 Å². The van der Waals surface area contributed by atoms with Gasteiger partial charge in [-0.25, -0.2) is 4.98 Å². The maximum Gasteiger partial charge on any atom is 0.254 e. The summed E-state index contributed by atoms with van der Waals surface area (Å²) in [5.74, 6) is -0.702. The number of aromatic nitrogens is 1. The maximum atomic E-state index is 12.8. The molecule has 0 radical (unpaired) electrons. The number of nitrogens with one attached hydrogen (secondary N) is 2. The smallest absolute Gasteiger partial charge is 0.254 e. The number of nitrogens with zero attached hydrogens (tertiary/aromatic N) is 2. The van der Waals surface area contributed by atoms with Gasteiger partial charge in [0.15, 0.2) is 5.13 Å². The minimum Gasteiger partial charge on any atom is -0.383 e. The second-order valence-electron chi connectivity index (χ2n) is 7.10. The van der Waals surface area contributed by atoms with E-state index in [1.165, 1.54) is 16.2 Å². The molecule has 2 aromatic rings. The fourth-order valence-electron chi connectivity index (χ4n) is 2.63. The largest absolute Gasteiger partial charge is 0.383 e. The van der Waals surface area contributed by atoms with Crippen molar-refractivity contribution in [1.29, 1.82) is 0 Å². The Morgan fingerprint density at radius 2 is 1.87 bits per heavy atom. The summed E-state index contributed by atoms with van der Waals surface area (Å²) in [6.07, 6.45) is 0.125. The number of benzene rings is 1. The Kier molecular flexibility index (Phi) is 8.94. The van der Waals surface area contributed by atoms with Crippen LogP contribution in [-0.4, -0.2) is 60.5 Å². The van der Waals surface area contributed by atoms with Crippen molar-refractivity contribution in [3.63, 3.8) is 0 Å². The summed E-state index contributed by atoms with van der Waals surface area (Å²) in [6.45, 7) is 6.47. The average molecular weight is 433 g/mol. The molecule has 0 saturated carbocycles. The van der Waals surface area contributed by atoms with Crippen LogP contribution in [0.4, 0.5) is 5.13 Å². The lowest BCUT2D eigenvalue weighted by atomic mass is 10.1. The van der Waals surface area contributed by atoms with Gasteiger partial charge in [0.1, 0.15) is 6.54 Å². The van der Waals surface area contributed by atoms with Crippen molar-refractivity contribution in [2.45, 2.75) is 33.2 Å². The molecule has 3 amide bonds. The minimum absolute atomic E-state index is 0.0865. The summed E-state index contributed by atoms with van der Waals surface area (Å²) in [5.41, 5.74) is 2.17. The lowest BCUT2D eigenvalue weighted by Gasteiger charge is -2.26. The SMILES string of the molecule is COCCNC(=O)Cc1csc(NC(=O)CN(C(=O)c2ccc(C)cc2)C(C)C)n1. The van der Waals surface area contributed by atoms with Crippen molar-refractivity contribution in [3.8, 4) is 0 Å². The highest BCUT2D eigenvalue weighted by Crippen LogP contribution is 2.16. The quantitative estimate of drug-likeness (QED) is 0.561. The number of carbonyl (C=O) groups is 3. The molecule has 2 rings (SSSR count). The second-order valence-corrected chi connectivity index (χ2v) is 7.96. The van der Waals surface area contributed by atoms with E-state index < -0.39 is 0 Å². The molecule has 0 atom stereocenters. The summed E-state index contributed by atoms with van der Waals surface area (Å²) in [4.78, 5) is 42.9. The summed E-state index contributed by atoms with van der Waals surface area (Å²) < 4.78 is 4.89. The molecule has 0 bridgehead atoms. The van der Waals surface area contributed by atoms with Gasteiger partial charge in [-0.2, -0.15) is 0 Å². The highest BCUT2D eigenvalue weighted by molar-refractivity contribution is 7.13. The number of anilines is 1. The van der Waals surface area contributed by atoms with E-state index in [1.807, 2.05) is 32.9 Å². The number of rotatable bonds is 10. The van der Waals surface area contributed by atoms with Crippen molar-refractivity contribution in [2.24, 2.45) is 0 Å². The van der Waals surface area contributed by atoms with Gasteiger partial charge in [-0.3, -0.25) is 14.4 Å². The molecule has 1 aromatic heterocycles. The van der Waals surface area contributed by atoms with Gasteiger partial charge in [0.05, 0.1) is 18.7 Å². The van der Waals surface area contributed by atoms with Crippen molar-refractivity contribution in [1.82, 2.24) is 15.2 Å². The molecule has 0 fully saturated rings. The standard InChI is InChI=1S/C21H28N4O4S/c1-14(2)25(20(28)16-7-5-15(3)6-8-16)12-19(27)24-21-23-17(13-30-21)11-18(26)22-9-10-29-4/h5-8,13-14H,9-12H2,1-4H3,(H,22,26)(H,23,24,27). The highest BCUT2D eigenvalue weighted by Gasteiger charge is 2.22. The van der Waals surface area contributed by atoms with E-state index in [4.69, 9.17) is 4.74 Å². The number of amides is 3. The average Bonchev–Trinajstić information content (AvgIpc) is 3.12. The zero-order valence-electron chi connectivity index (χ0n) is 17.7. The van der Waals surface area contributed by atoms with Gasteiger partial charge in [-0.15, -0.1) is 11.3 Å². The number of hydrogen-bond donors (Lipinski definition) is 2. The van der Waals surface area contributed by atoms with E-state index in [0.717, 1.165) is 5.56 Å². The fraction of sp³-hybridized carbons (Fsp3) is 0.429. The van der Waals surface area contributed by atoms with E-state index in [1.54, 1.807) is 24.6 Å². The van der Waals surface area contributed by atoms with Crippen molar-refractivity contribution >= 4 is 34.2 Å². The molecular weight excluding hydrogens is 404 g/mol. The third kappa shape index (κ3) is 7.23. The van der Waals surface area contributed by atoms with Crippen LogP contribution >= 0.6 is 11.3 Å². The van der Waals surface area contributed by atoms with E-state index in [2.05, 4.69) is 15.6 Å². The molecule has 1 heterocycles. The van der Waals surface area contributed by atoms with Crippen LogP contribution in [0.5, 0.6) is 0 Å². The van der Waals surface area contributed by atoms with Crippen LogP contribution in [0.15, 0.2) is 29.6 Å².